The highest BCUT2D eigenvalue weighted by atomic mass is 31.1. The first-order valence-corrected chi connectivity index (χ1v) is 3.39. The monoisotopic (exact) mass is 132 g/mol. The lowest BCUT2D eigenvalue weighted by Gasteiger charge is -1.98. The maximum absolute atomic E-state index is 5.00. The Morgan fingerprint density at radius 1 is 1.75 bits per heavy atom. The molecule has 1 heterocycles. The van der Waals surface area contributed by atoms with Crippen LogP contribution in [0.25, 0.3) is 0 Å². The van der Waals surface area contributed by atoms with Crippen molar-refractivity contribution in [3.63, 3.8) is 0 Å². The summed E-state index contributed by atoms with van der Waals surface area (Å²) in [4.78, 5) is 0. The number of hydrogen-bond donors (Lipinski definition) is 2. The summed E-state index contributed by atoms with van der Waals surface area (Å²) in [6.07, 6.45) is 3.51. The van der Waals surface area contributed by atoms with E-state index in [1.54, 1.807) is 0 Å². The van der Waals surface area contributed by atoms with Crippen molar-refractivity contribution in [1.82, 2.24) is 10.9 Å². The molecule has 0 spiro atoms. The third-order valence-corrected chi connectivity index (χ3v) is 1.31. The minimum atomic E-state index is 0.0324. The van der Waals surface area contributed by atoms with E-state index in [4.69, 9.17) is 4.52 Å². The van der Waals surface area contributed by atoms with E-state index in [-0.39, 0.29) is 5.66 Å². The van der Waals surface area contributed by atoms with E-state index in [0.29, 0.717) is 6.61 Å². The van der Waals surface area contributed by atoms with Crippen LogP contribution in [0.15, 0.2) is 0 Å². The summed E-state index contributed by atoms with van der Waals surface area (Å²) in [7, 11) is 0.740. The zero-order valence-electron chi connectivity index (χ0n) is 4.77. The largest absolute Gasteiger partial charge is 0.323 e. The Balaban J connectivity index is 2.09. The summed E-state index contributed by atoms with van der Waals surface area (Å²) < 4.78 is 5.00. The highest BCUT2D eigenvalue weighted by Crippen LogP contribution is 2.10. The van der Waals surface area contributed by atoms with Gasteiger partial charge in [-0.3, -0.25) is 0 Å². The van der Waals surface area contributed by atoms with Gasteiger partial charge in [0.05, 0.1) is 6.61 Å². The van der Waals surface area contributed by atoms with Gasteiger partial charge in [-0.05, 0) is 13.2 Å². The zero-order valence-corrected chi connectivity index (χ0v) is 5.66. The standard InChI is InChI=1S/C4H9N2OP/c1-4(5-6-4)3-7-8-2/h5-6H,2-3H2,1H3. The van der Waals surface area contributed by atoms with Crippen molar-refractivity contribution < 1.29 is 4.52 Å². The lowest BCUT2D eigenvalue weighted by Crippen LogP contribution is -2.17. The molecule has 2 N–H and O–H groups in total. The van der Waals surface area contributed by atoms with Gasteiger partial charge in [0, 0.05) is 8.43 Å². The van der Waals surface area contributed by atoms with Gasteiger partial charge in [-0.1, -0.05) is 0 Å². The van der Waals surface area contributed by atoms with Crippen LogP contribution in [-0.4, -0.2) is 18.6 Å². The van der Waals surface area contributed by atoms with Crippen LogP contribution >= 0.6 is 8.43 Å². The third kappa shape index (κ3) is 1.53. The Morgan fingerprint density at radius 2 is 2.38 bits per heavy atom. The molecule has 1 saturated heterocycles. The van der Waals surface area contributed by atoms with Crippen molar-refractivity contribution in [1.29, 1.82) is 0 Å². The first-order chi connectivity index (χ1) is 3.77. The van der Waals surface area contributed by atoms with Crippen molar-refractivity contribution >= 4 is 14.7 Å². The van der Waals surface area contributed by atoms with E-state index < -0.39 is 0 Å². The Hall–Kier alpha value is 0.0500. The normalized spacial score (nSPS) is 23.6. The molecule has 0 aromatic heterocycles. The number of hydrazine groups is 1. The van der Waals surface area contributed by atoms with Crippen LogP contribution in [0, 0.1) is 0 Å². The molecule has 0 bridgehead atoms. The van der Waals surface area contributed by atoms with Gasteiger partial charge >= 0.3 is 0 Å². The van der Waals surface area contributed by atoms with Gasteiger partial charge in [0.25, 0.3) is 0 Å². The topological polar surface area (TPSA) is 53.1 Å². The Morgan fingerprint density at radius 3 is 2.75 bits per heavy atom. The summed E-state index contributed by atoms with van der Waals surface area (Å²) in [6.45, 7) is 2.70. The molecule has 8 heavy (non-hydrogen) atoms. The van der Waals surface area contributed by atoms with Crippen LogP contribution in [0.2, 0.25) is 0 Å². The molecule has 0 radical (unpaired) electrons. The maximum atomic E-state index is 5.00. The average Bonchev–Trinajstić information content (AvgIpc) is 2.45. The van der Waals surface area contributed by atoms with Crippen LogP contribution in [0.4, 0.5) is 0 Å². The predicted molar refractivity (Wildman–Crippen MR) is 34.7 cm³/mol. The van der Waals surface area contributed by atoms with Gasteiger partial charge in [0.2, 0.25) is 0 Å². The van der Waals surface area contributed by atoms with Crippen molar-refractivity contribution in [3.8, 4) is 0 Å². The Labute approximate surface area is 50.3 Å². The molecular formula is C4H9N2OP. The molecule has 0 saturated carbocycles. The van der Waals surface area contributed by atoms with E-state index in [0.717, 1.165) is 8.43 Å². The quantitative estimate of drug-likeness (QED) is 0.423. The Kier molecular flexibility index (Phi) is 1.63. The number of rotatable bonds is 3. The minimum Gasteiger partial charge on any atom is -0.323 e. The summed E-state index contributed by atoms with van der Waals surface area (Å²) >= 11 is 0. The summed E-state index contributed by atoms with van der Waals surface area (Å²) in [5, 5.41) is 0. The minimum absolute atomic E-state index is 0.0324. The molecule has 46 valence electrons. The third-order valence-electron chi connectivity index (χ3n) is 0.996. The smallest absolute Gasteiger partial charge is 0.116 e. The molecule has 1 aliphatic heterocycles. The zero-order chi connectivity index (χ0) is 6.04. The van der Waals surface area contributed by atoms with Crippen LogP contribution in [0.1, 0.15) is 6.92 Å². The summed E-state index contributed by atoms with van der Waals surface area (Å²) in [5.74, 6) is 0. The van der Waals surface area contributed by atoms with Crippen LogP contribution in [0.5, 0.6) is 0 Å². The lowest BCUT2D eigenvalue weighted by atomic mass is 10.3. The van der Waals surface area contributed by atoms with Crippen molar-refractivity contribution in [2.24, 2.45) is 0 Å². The molecule has 3 nitrogen and oxygen atoms in total. The fourth-order valence-corrected chi connectivity index (χ4v) is 0.703. The summed E-state index contributed by atoms with van der Waals surface area (Å²) in [5.41, 5.74) is 5.91. The SMILES string of the molecule is C=POCC1(C)NN1. The molecule has 1 rings (SSSR count). The van der Waals surface area contributed by atoms with E-state index in [1.165, 1.54) is 0 Å². The molecule has 0 amide bonds. The molecule has 4 heteroatoms. The van der Waals surface area contributed by atoms with Crippen LogP contribution < -0.4 is 10.9 Å². The van der Waals surface area contributed by atoms with Crippen LogP contribution in [0.3, 0.4) is 0 Å². The molecule has 1 aliphatic rings. The average molecular weight is 132 g/mol. The van der Waals surface area contributed by atoms with E-state index in [9.17, 15) is 0 Å². The molecule has 0 aromatic carbocycles. The lowest BCUT2D eigenvalue weighted by molar-refractivity contribution is 0.320. The van der Waals surface area contributed by atoms with Crippen LogP contribution in [-0.2, 0) is 4.52 Å². The highest BCUT2D eigenvalue weighted by molar-refractivity contribution is 7.30. The second-order valence-corrected chi connectivity index (χ2v) is 2.50. The fraction of sp³-hybridized carbons (Fsp3) is 0.750. The highest BCUT2D eigenvalue weighted by Gasteiger charge is 2.35. The second kappa shape index (κ2) is 2.11. The first-order valence-electron chi connectivity index (χ1n) is 2.39. The second-order valence-electron chi connectivity index (χ2n) is 1.98. The Bertz CT molecular complexity index is 102. The van der Waals surface area contributed by atoms with E-state index in [2.05, 4.69) is 17.2 Å². The first kappa shape index (κ1) is 6.17. The van der Waals surface area contributed by atoms with Gasteiger partial charge in [-0.2, -0.15) is 0 Å². The van der Waals surface area contributed by atoms with Gasteiger partial charge < -0.3 is 4.52 Å². The molecule has 0 aromatic rings. The molecular weight excluding hydrogens is 123 g/mol. The molecule has 1 fully saturated rings. The molecule has 0 aliphatic carbocycles. The summed E-state index contributed by atoms with van der Waals surface area (Å²) in [6, 6.07) is 0. The van der Waals surface area contributed by atoms with E-state index >= 15 is 0 Å². The van der Waals surface area contributed by atoms with Gasteiger partial charge in [0.1, 0.15) is 5.66 Å². The van der Waals surface area contributed by atoms with Gasteiger partial charge in [0.15, 0.2) is 0 Å². The van der Waals surface area contributed by atoms with Crippen molar-refractivity contribution in [2.45, 2.75) is 12.6 Å². The molecule has 0 unspecified atom stereocenters. The van der Waals surface area contributed by atoms with Crippen molar-refractivity contribution in [3.05, 3.63) is 0 Å². The predicted octanol–water partition coefficient (Wildman–Crippen LogP) is 0.120. The number of nitrogens with one attached hydrogen (secondary N) is 2. The maximum Gasteiger partial charge on any atom is 0.116 e. The number of hydrogen-bond acceptors (Lipinski definition) is 3. The van der Waals surface area contributed by atoms with Crippen molar-refractivity contribution in [2.75, 3.05) is 6.61 Å². The van der Waals surface area contributed by atoms with Gasteiger partial charge in [-0.15, -0.1) is 0 Å². The molecule has 0 atom stereocenters. The van der Waals surface area contributed by atoms with E-state index in [1.807, 2.05) is 6.92 Å². The fourth-order valence-electron chi connectivity index (χ4n) is 0.354. The van der Waals surface area contributed by atoms with Gasteiger partial charge in [-0.25, -0.2) is 10.9 Å².